The molecule has 2 amide bonds. The topological polar surface area (TPSA) is 93.0 Å². The molecule has 0 spiro atoms. The highest BCUT2D eigenvalue weighted by Gasteiger charge is 2.31. The molecule has 0 aliphatic carbocycles. The van der Waals surface area contributed by atoms with E-state index in [9.17, 15) is 9.59 Å². The summed E-state index contributed by atoms with van der Waals surface area (Å²) in [6, 6.07) is 11.0. The van der Waals surface area contributed by atoms with Gasteiger partial charge in [0.25, 0.3) is 5.91 Å². The molecule has 4 heterocycles. The quantitative estimate of drug-likeness (QED) is 0.592. The predicted molar refractivity (Wildman–Crippen MR) is 126 cm³/mol. The molecule has 1 saturated heterocycles. The summed E-state index contributed by atoms with van der Waals surface area (Å²) in [5.74, 6) is 0.298. The summed E-state index contributed by atoms with van der Waals surface area (Å²) in [5.41, 5.74) is 4.20. The second-order valence-corrected chi connectivity index (χ2v) is 8.62. The number of nitrogens with zero attached hydrogens (tertiary/aromatic N) is 5. The van der Waals surface area contributed by atoms with Crippen molar-refractivity contribution < 1.29 is 9.59 Å². The van der Waals surface area contributed by atoms with Crippen LogP contribution in [0.4, 0.5) is 5.82 Å². The molecule has 1 N–H and O–H groups in total. The van der Waals surface area contributed by atoms with E-state index >= 15 is 0 Å². The normalized spacial score (nSPS) is 15.6. The lowest BCUT2D eigenvalue weighted by Gasteiger charge is -2.24. The van der Waals surface area contributed by atoms with Crippen molar-refractivity contribution in [3.8, 4) is 0 Å². The summed E-state index contributed by atoms with van der Waals surface area (Å²) in [4.78, 5) is 36.4. The van der Waals surface area contributed by atoms with Crippen LogP contribution in [0.2, 0.25) is 0 Å². The zero-order valence-corrected chi connectivity index (χ0v) is 19.4. The van der Waals surface area contributed by atoms with E-state index in [-0.39, 0.29) is 17.9 Å². The van der Waals surface area contributed by atoms with Crippen LogP contribution in [-0.4, -0.2) is 43.0 Å². The predicted octanol–water partition coefficient (Wildman–Crippen LogP) is 3.99. The van der Waals surface area contributed by atoms with Gasteiger partial charge < -0.3 is 10.2 Å². The molecule has 3 aromatic rings. The highest BCUT2D eigenvalue weighted by Crippen LogP contribution is 2.31. The summed E-state index contributed by atoms with van der Waals surface area (Å²) >= 11 is 0. The third-order valence-corrected chi connectivity index (χ3v) is 5.93. The zero-order valence-electron chi connectivity index (χ0n) is 19.4. The molecule has 1 aliphatic rings. The van der Waals surface area contributed by atoms with Gasteiger partial charge in [0.2, 0.25) is 5.91 Å². The van der Waals surface area contributed by atoms with Crippen LogP contribution in [0, 0.1) is 20.8 Å². The van der Waals surface area contributed by atoms with E-state index in [1.807, 2.05) is 54.6 Å². The first-order valence-electron chi connectivity index (χ1n) is 11.4. The fourth-order valence-corrected chi connectivity index (χ4v) is 4.28. The third-order valence-electron chi connectivity index (χ3n) is 5.93. The van der Waals surface area contributed by atoms with Gasteiger partial charge in [0.05, 0.1) is 17.4 Å². The molecule has 1 fully saturated rings. The molecule has 4 rings (SSSR count). The van der Waals surface area contributed by atoms with E-state index in [2.05, 4.69) is 20.4 Å². The van der Waals surface area contributed by atoms with E-state index in [1.54, 1.807) is 18.3 Å². The SMILES string of the molecule is Cc1ccc(NC(=O)c2cccc(C3CCCN3C(=O)CCCn3nc(C)cc3C)n2)nc1. The molecule has 1 unspecified atom stereocenters. The number of anilines is 1. The van der Waals surface area contributed by atoms with Crippen LogP contribution in [0.25, 0.3) is 0 Å². The van der Waals surface area contributed by atoms with Crippen LogP contribution in [0.15, 0.2) is 42.6 Å². The fourth-order valence-electron chi connectivity index (χ4n) is 4.28. The van der Waals surface area contributed by atoms with Gasteiger partial charge in [-0.15, -0.1) is 0 Å². The lowest BCUT2D eigenvalue weighted by molar-refractivity contribution is -0.132. The smallest absolute Gasteiger partial charge is 0.275 e. The Kier molecular flexibility index (Phi) is 6.82. The van der Waals surface area contributed by atoms with E-state index in [1.165, 1.54) is 0 Å². The zero-order chi connectivity index (χ0) is 23.4. The van der Waals surface area contributed by atoms with Gasteiger partial charge in [-0.25, -0.2) is 9.97 Å². The lowest BCUT2D eigenvalue weighted by Crippen LogP contribution is -2.31. The third kappa shape index (κ3) is 5.45. The van der Waals surface area contributed by atoms with Crippen molar-refractivity contribution in [3.05, 3.63) is 70.9 Å². The van der Waals surface area contributed by atoms with Gasteiger partial charge in [-0.3, -0.25) is 14.3 Å². The number of hydrogen-bond acceptors (Lipinski definition) is 5. The summed E-state index contributed by atoms with van der Waals surface area (Å²) < 4.78 is 1.95. The monoisotopic (exact) mass is 446 g/mol. The maximum Gasteiger partial charge on any atom is 0.275 e. The number of carbonyl (C=O) groups excluding carboxylic acids is 2. The van der Waals surface area contributed by atoms with Crippen LogP contribution in [-0.2, 0) is 11.3 Å². The number of carbonyl (C=O) groups is 2. The highest BCUT2D eigenvalue weighted by atomic mass is 16.2. The molecule has 0 aromatic carbocycles. The summed E-state index contributed by atoms with van der Waals surface area (Å²) in [6.07, 6.45) is 4.69. The second kappa shape index (κ2) is 9.94. The van der Waals surface area contributed by atoms with E-state index in [0.717, 1.165) is 55.0 Å². The highest BCUT2D eigenvalue weighted by molar-refractivity contribution is 6.02. The second-order valence-electron chi connectivity index (χ2n) is 8.62. The Labute approximate surface area is 194 Å². The van der Waals surface area contributed by atoms with Gasteiger partial charge in [0.15, 0.2) is 0 Å². The molecule has 8 nitrogen and oxygen atoms in total. The summed E-state index contributed by atoms with van der Waals surface area (Å²) in [7, 11) is 0. The number of aromatic nitrogens is 4. The molecule has 0 bridgehead atoms. The molecule has 33 heavy (non-hydrogen) atoms. The Morgan fingerprint density at radius 1 is 1.15 bits per heavy atom. The molecule has 8 heteroatoms. The first kappa shape index (κ1) is 22.6. The lowest BCUT2D eigenvalue weighted by atomic mass is 10.1. The van der Waals surface area contributed by atoms with Crippen molar-refractivity contribution >= 4 is 17.6 Å². The van der Waals surface area contributed by atoms with Crippen molar-refractivity contribution in [3.63, 3.8) is 0 Å². The minimum atomic E-state index is -0.311. The molecular formula is C25H30N6O2. The van der Waals surface area contributed by atoms with Crippen LogP contribution < -0.4 is 5.32 Å². The summed E-state index contributed by atoms with van der Waals surface area (Å²) in [6.45, 7) is 7.39. The van der Waals surface area contributed by atoms with Crippen molar-refractivity contribution in [1.29, 1.82) is 0 Å². The average molecular weight is 447 g/mol. The van der Waals surface area contributed by atoms with E-state index in [4.69, 9.17) is 0 Å². The Balaban J connectivity index is 1.39. The Bertz CT molecular complexity index is 1140. The first-order valence-corrected chi connectivity index (χ1v) is 11.4. The number of likely N-dealkylation sites (tertiary alicyclic amines) is 1. The Hall–Kier alpha value is -3.55. The number of rotatable bonds is 7. The van der Waals surface area contributed by atoms with Gasteiger partial charge >= 0.3 is 0 Å². The van der Waals surface area contributed by atoms with Gasteiger partial charge in [-0.1, -0.05) is 12.1 Å². The van der Waals surface area contributed by atoms with Gasteiger partial charge in [-0.2, -0.15) is 5.10 Å². The molecule has 1 atom stereocenters. The van der Waals surface area contributed by atoms with Crippen LogP contribution in [0.5, 0.6) is 0 Å². The van der Waals surface area contributed by atoms with Gasteiger partial charge in [0, 0.05) is 31.4 Å². The Morgan fingerprint density at radius 3 is 2.73 bits per heavy atom. The minimum Gasteiger partial charge on any atom is -0.334 e. The number of hydrogen-bond donors (Lipinski definition) is 1. The molecule has 1 aliphatic heterocycles. The van der Waals surface area contributed by atoms with Crippen LogP contribution in [0.3, 0.4) is 0 Å². The first-order chi connectivity index (χ1) is 15.9. The van der Waals surface area contributed by atoms with Crippen molar-refractivity contribution in [2.45, 2.75) is 59.0 Å². The number of pyridine rings is 2. The molecule has 3 aromatic heterocycles. The molecule has 0 radical (unpaired) electrons. The largest absolute Gasteiger partial charge is 0.334 e. The Morgan fingerprint density at radius 2 is 2.00 bits per heavy atom. The van der Waals surface area contributed by atoms with Crippen LogP contribution in [0.1, 0.15) is 64.9 Å². The molecule has 0 saturated carbocycles. The van der Waals surface area contributed by atoms with Gasteiger partial charge in [0.1, 0.15) is 11.5 Å². The van der Waals surface area contributed by atoms with E-state index in [0.29, 0.717) is 17.9 Å². The number of nitrogens with one attached hydrogen (secondary N) is 1. The van der Waals surface area contributed by atoms with Crippen LogP contribution >= 0.6 is 0 Å². The number of aryl methyl sites for hydroxylation is 4. The van der Waals surface area contributed by atoms with Crippen molar-refractivity contribution in [2.75, 3.05) is 11.9 Å². The summed E-state index contributed by atoms with van der Waals surface area (Å²) in [5, 5.41) is 7.25. The van der Waals surface area contributed by atoms with Gasteiger partial charge in [-0.05, 0) is 69.9 Å². The molecular weight excluding hydrogens is 416 g/mol. The molecule has 172 valence electrons. The maximum atomic E-state index is 13.0. The number of amides is 2. The van der Waals surface area contributed by atoms with Crippen molar-refractivity contribution in [1.82, 2.24) is 24.6 Å². The van der Waals surface area contributed by atoms with Crippen molar-refractivity contribution in [2.24, 2.45) is 0 Å². The average Bonchev–Trinajstić information content (AvgIpc) is 3.41. The fraction of sp³-hybridized carbons (Fsp3) is 0.400. The standard InChI is InChI=1S/C25H30N6O2/c1-17-11-12-23(26-16-17)28-25(33)21-8-4-7-20(27-21)22-9-5-13-30(22)24(32)10-6-14-31-19(3)15-18(2)29-31/h4,7-8,11-12,15-16,22H,5-6,9-10,13-14H2,1-3H3,(H,26,28,33). The maximum absolute atomic E-state index is 13.0. The minimum absolute atomic E-state index is 0.101. The van der Waals surface area contributed by atoms with E-state index < -0.39 is 0 Å².